The van der Waals surface area contributed by atoms with Crippen LogP contribution in [0.2, 0.25) is 10.2 Å². The molecule has 42 heavy (non-hydrogen) atoms. The van der Waals surface area contributed by atoms with Crippen LogP contribution in [0.5, 0.6) is 0 Å². The van der Waals surface area contributed by atoms with Crippen molar-refractivity contribution in [3.05, 3.63) is 92.6 Å². The van der Waals surface area contributed by atoms with E-state index in [4.69, 9.17) is 27.9 Å². The number of fused-ring (bicyclic) bond motifs is 3. The molecule has 2 bridgehead atoms. The smallest absolute Gasteiger partial charge is 0.262 e. The van der Waals surface area contributed by atoms with Crippen LogP contribution in [0.4, 0.5) is 0 Å². The first-order valence-corrected chi connectivity index (χ1v) is 15.1. The van der Waals surface area contributed by atoms with Crippen LogP contribution in [0.1, 0.15) is 47.6 Å². The Labute approximate surface area is 252 Å². The number of hydrogen-bond acceptors (Lipinski definition) is 6. The number of hydrogen-bond donors (Lipinski definition) is 2. The highest BCUT2D eigenvalue weighted by Crippen LogP contribution is 2.35. The Balaban J connectivity index is 1.07. The monoisotopic (exact) mass is 607 g/mol. The maximum absolute atomic E-state index is 13.5. The average molecular weight is 609 g/mol. The molecule has 5 heterocycles. The number of carbonyl (C=O) groups excluding carboxylic acids is 1. The molecular weight excluding hydrogens is 577 g/mol. The molecule has 3 aliphatic rings. The molecule has 3 atom stereocenters. The van der Waals surface area contributed by atoms with Crippen molar-refractivity contribution in [1.29, 1.82) is 0 Å². The molecule has 4 aromatic rings. The van der Waals surface area contributed by atoms with E-state index in [-0.39, 0.29) is 30.2 Å². The van der Waals surface area contributed by atoms with Gasteiger partial charge in [-0.2, -0.15) is 0 Å². The second kappa shape index (κ2) is 10.8. The Hall–Kier alpha value is -3.21. The number of halogens is 2. The van der Waals surface area contributed by atoms with E-state index in [1.165, 1.54) is 10.9 Å². The summed E-state index contributed by atoms with van der Waals surface area (Å²) >= 11 is 12.6. The number of carbonyl (C=O) groups is 1. The summed E-state index contributed by atoms with van der Waals surface area (Å²) in [6, 6.07) is 16.7. The summed E-state index contributed by atoms with van der Waals surface area (Å²) in [6.45, 7) is 1.70. The minimum absolute atomic E-state index is 0.0771. The number of aliphatic hydroxyl groups is 1. The zero-order valence-electron chi connectivity index (χ0n) is 22.9. The summed E-state index contributed by atoms with van der Waals surface area (Å²) in [5, 5.41) is 16.3. The highest BCUT2D eigenvalue weighted by atomic mass is 35.5. The maximum Gasteiger partial charge on any atom is 0.262 e. The first-order valence-electron chi connectivity index (χ1n) is 14.3. The standard InChI is InChI=1S/C31H31Cl2N5O4/c32-21-5-1-20(2-6-21)29(39)36-13-11-31(41,12-14-36)17-37-18-35-28-24(30(37)40)15-26(33)38(28)22-7-3-19(4-8-22)27-25-10-9-23(42-25)16-34-27/h1-8,15,18,23,25,27,34,41H,9-14,16-17H2/t23-,25+,27-/m1/s1. The second-order valence-corrected chi connectivity index (χ2v) is 12.4. The summed E-state index contributed by atoms with van der Waals surface area (Å²) in [5.74, 6) is -0.103. The molecule has 2 N–H and O–H groups in total. The van der Waals surface area contributed by atoms with Gasteiger partial charge in [0.1, 0.15) is 11.5 Å². The van der Waals surface area contributed by atoms with E-state index in [2.05, 4.69) is 22.4 Å². The minimum Gasteiger partial charge on any atom is -0.388 e. The summed E-state index contributed by atoms with van der Waals surface area (Å²) in [5.41, 5.74) is 1.56. The van der Waals surface area contributed by atoms with Gasteiger partial charge in [-0.25, -0.2) is 4.98 Å². The molecule has 1 amide bonds. The molecule has 2 aromatic carbocycles. The quantitative estimate of drug-likeness (QED) is 0.350. The van der Waals surface area contributed by atoms with Gasteiger partial charge in [0.2, 0.25) is 0 Å². The Morgan fingerprint density at radius 3 is 2.55 bits per heavy atom. The van der Waals surface area contributed by atoms with E-state index in [1.54, 1.807) is 39.8 Å². The highest BCUT2D eigenvalue weighted by Gasteiger charge is 2.37. The second-order valence-electron chi connectivity index (χ2n) is 11.6. The van der Waals surface area contributed by atoms with E-state index < -0.39 is 5.60 Å². The van der Waals surface area contributed by atoms with Gasteiger partial charge in [0.15, 0.2) is 5.65 Å². The first-order chi connectivity index (χ1) is 20.3. The molecule has 0 aliphatic carbocycles. The summed E-state index contributed by atoms with van der Waals surface area (Å²) in [7, 11) is 0. The zero-order chi connectivity index (χ0) is 29.0. The van der Waals surface area contributed by atoms with Gasteiger partial charge in [-0.3, -0.25) is 18.7 Å². The predicted octanol–water partition coefficient (Wildman–Crippen LogP) is 4.35. The van der Waals surface area contributed by atoms with Crippen molar-refractivity contribution in [2.75, 3.05) is 19.6 Å². The van der Waals surface area contributed by atoms with Crippen LogP contribution in [0.3, 0.4) is 0 Å². The van der Waals surface area contributed by atoms with Crippen LogP contribution in [0.25, 0.3) is 16.7 Å². The van der Waals surface area contributed by atoms with Gasteiger partial charge < -0.3 is 20.1 Å². The molecule has 218 valence electrons. The Bertz CT molecular complexity index is 1690. The fraction of sp³-hybridized carbons (Fsp3) is 0.387. The van der Waals surface area contributed by atoms with E-state index >= 15 is 0 Å². The number of piperidine rings is 1. The topological polar surface area (TPSA) is 102 Å². The van der Waals surface area contributed by atoms with Gasteiger partial charge in [0.25, 0.3) is 11.5 Å². The number of rotatable bonds is 5. The average Bonchev–Trinajstić information content (AvgIpc) is 3.54. The molecule has 0 radical (unpaired) electrons. The van der Waals surface area contributed by atoms with Gasteiger partial charge in [-0.15, -0.1) is 0 Å². The van der Waals surface area contributed by atoms with Crippen molar-refractivity contribution in [1.82, 2.24) is 24.3 Å². The third-order valence-corrected chi connectivity index (χ3v) is 9.40. The Kier molecular flexibility index (Phi) is 7.11. The van der Waals surface area contributed by atoms with Crippen LogP contribution in [-0.4, -0.2) is 67.5 Å². The number of benzene rings is 2. The van der Waals surface area contributed by atoms with Crippen LogP contribution >= 0.6 is 23.2 Å². The lowest BCUT2D eigenvalue weighted by molar-refractivity contribution is -0.0299. The van der Waals surface area contributed by atoms with E-state index in [0.717, 1.165) is 30.6 Å². The number of ether oxygens (including phenoxy) is 1. The lowest BCUT2D eigenvalue weighted by Gasteiger charge is -2.38. The van der Waals surface area contributed by atoms with Gasteiger partial charge >= 0.3 is 0 Å². The number of amides is 1. The highest BCUT2D eigenvalue weighted by molar-refractivity contribution is 6.31. The molecular formula is C31H31Cl2N5O4. The van der Waals surface area contributed by atoms with Crippen molar-refractivity contribution in [3.8, 4) is 5.69 Å². The largest absolute Gasteiger partial charge is 0.388 e. The van der Waals surface area contributed by atoms with E-state index in [1.807, 2.05) is 12.1 Å². The lowest BCUT2D eigenvalue weighted by atomic mass is 9.91. The molecule has 0 saturated carbocycles. The van der Waals surface area contributed by atoms with Gasteiger partial charge in [0, 0.05) is 35.9 Å². The fourth-order valence-electron chi connectivity index (χ4n) is 6.50. The Morgan fingerprint density at radius 2 is 1.81 bits per heavy atom. The number of nitrogens with zero attached hydrogens (tertiary/aromatic N) is 4. The minimum atomic E-state index is -1.14. The number of likely N-dealkylation sites (tertiary alicyclic amines) is 1. The molecule has 0 unspecified atom stereocenters. The van der Waals surface area contributed by atoms with Crippen molar-refractivity contribution in [2.24, 2.45) is 0 Å². The van der Waals surface area contributed by atoms with E-state index in [0.29, 0.717) is 58.8 Å². The molecule has 3 saturated heterocycles. The van der Waals surface area contributed by atoms with Crippen LogP contribution in [0, 0.1) is 0 Å². The van der Waals surface area contributed by atoms with Crippen molar-refractivity contribution in [3.63, 3.8) is 0 Å². The first kappa shape index (κ1) is 27.6. The lowest BCUT2D eigenvalue weighted by Crippen LogP contribution is -2.49. The molecule has 11 heteroatoms. The van der Waals surface area contributed by atoms with Gasteiger partial charge in [-0.1, -0.05) is 35.3 Å². The van der Waals surface area contributed by atoms with Crippen molar-refractivity contribution in [2.45, 2.75) is 56.1 Å². The van der Waals surface area contributed by atoms with Crippen LogP contribution < -0.4 is 10.9 Å². The summed E-state index contributed by atoms with van der Waals surface area (Å²) in [4.78, 5) is 32.7. The fourth-order valence-corrected chi connectivity index (χ4v) is 6.92. The van der Waals surface area contributed by atoms with E-state index in [9.17, 15) is 14.7 Å². The molecule has 3 aliphatic heterocycles. The SMILES string of the molecule is O=C(c1ccc(Cl)cc1)N1CCC(O)(Cn2cnc3c(cc(Cl)n3-c3ccc([C@H]4NC[C@H]5CC[C@@H]4O5)cc3)c2=O)CC1. The maximum atomic E-state index is 13.5. The molecule has 9 nitrogen and oxygen atoms in total. The molecule has 3 fully saturated rings. The number of morpholine rings is 1. The van der Waals surface area contributed by atoms with Crippen molar-refractivity contribution < 1.29 is 14.6 Å². The van der Waals surface area contributed by atoms with Gasteiger partial charge in [-0.05, 0) is 73.7 Å². The zero-order valence-corrected chi connectivity index (χ0v) is 24.4. The molecule has 0 spiro atoms. The van der Waals surface area contributed by atoms with Crippen LogP contribution in [0.15, 0.2) is 65.7 Å². The normalized spacial score (nSPS) is 23.4. The van der Waals surface area contributed by atoms with Gasteiger partial charge in [0.05, 0.1) is 35.8 Å². The third kappa shape index (κ3) is 5.03. The third-order valence-electron chi connectivity index (χ3n) is 8.87. The molecule has 2 aromatic heterocycles. The van der Waals surface area contributed by atoms with Crippen LogP contribution in [-0.2, 0) is 11.3 Å². The predicted molar refractivity (Wildman–Crippen MR) is 161 cm³/mol. The number of nitrogens with one attached hydrogen (secondary N) is 1. The summed E-state index contributed by atoms with van der Waals surface area (Å²) in [6.07, 6.45) is 4.82. The molecule has 7 rings (SSSR count). The number of aromatic nitrogens is 3. The van der Waals surface area contributed by atoms with Crippen molar-refractivity contribution >= 4 is 40.1 Å². The summed E-state index contributed by atoms with van der Waals surface area (Å²) < 4.78 is 9.29. The Morgan fingerprint density at radius 1 is 1.07 bits per heavy atom.